The first-order valence-electron chi connectivity index (χ1n) is 12.5. The van der Waals surface area contributed by atoms with Crippen molar-refractivity contribution in [3.05, 3.63) is 73.3 Å². The Morgan fingerprint density at radius 1 is 1.21 bits per heavy atom. The lowest BCUT2D eigenvalue weighted by atomic mass is 10.1. The maximum absolute atomic E-state index is 12.3. The van der Waals surface area contributed by atoms with Crippen LogP contribution in [0.3, 0.4) is 0 Å². The number of carbonyl (C=O) groups excluding carboxylic acids is 1. The van der Waals surface area contributed by atoms with E-state index in [1.807, 2.05) is 72.2 Å². The fourth-order valence-electron chi connectivity index (χ4n) is 4.83. The average molecular weight is 511 g/mol. The molecular formula is C28H28N7O3+. The first kappa shape index (κ1) is 23.7. The number of aromatic nitrogens is 4. The predicted molar refractivity (Wildman–Crippen MR) is 143 cm³/mol. The molecule has 1 amide bonds. The van der Waals surface area contributed by atoms with E-state index in [1.54, 1.807) is 0 Å². The molecule has 6 rings (SSSR count). The van der Waals surface area contributed by atoms with Gasteiger partial charge in [-0.1, -0.05) is 6.58 Å². The number of pyridine rings is 2. The second-order valence-corrected chi connectivity index (χ2v) is 9.45. The van der Waals surface area contributed by atoms with Gasteiger partial charge >= 0.3 is 0 Å². The van der Waals surface area contributed by atoms with Crippen molar-refractivity contribution in [1.29, 1.82) is 0 Å². The summed E-state index contributed by atoms with van der Waals surface area (Å²) in [7, 11) is 1.97. The number of fused-ring (bicyclic) bond motifs is 5. The van der Waals surface area contributed by atoms with Gasteiger partial charge in [-0.3, -0.25) is 4.79 Å². The number of amides is 1. The van der Waals surface area contributed by atoms with Gasteiger partial charge in [0.1, 0.15) is 37.0 Å². The van der Waals surface area contributed by atoms with Gasteiger partial charge in [0.15, 0.2) is 29.8 Å². The third kappa shape index (κ3) is 4.45. The monoisotopic (exact) mass is 510 g/mol. The van der Waals surface area contributed by atoms with Gasteiger partial charge in [0.25, 0.3) is 0 Å². The minimum atomic E-state index is -0.0794. The third-order valence-electron chi connectivity index (χ3n) is 6.84. The quantitative estimate of drug-likeness (QED) is 0.323. The minimum Gasteiger partial charge on any atom is -0.487 e. The molecule has 2 aliphatic heterocycles. The molecule has 5 heterocycles. The number of benzene rings is 1. The van der Waals surface area contributed by atoms with Gasteiger partial charge in [-0.2, -0.15) is 0 Å². The molecule has 38 heavy (non-hydrogen) atoms. The fraction of sp³-hybridized carbons (Fsp3) is 0.250. The van der Waals surface area contributed by atoms with Gasteiger partial charge in [0.05, 0.1) is 11.6 Å². The van der Waals surface area contributed by atoms with Crippen molar-refractivity contribution in [3.63, 3.8) is 0 Å². The number of nitrogens with one attached hydrogen (secondary N) is 1. The second kappa shape index (κ2) is 9.62. The molecule has 10 heteroatoms. The lowest BCUT2D eigenvalue weighted by Gasteiger charge is -2.39. The van der Waals surface area contributed by atoms with E-state index in [4.69, 9.17) is 14.5 Å². The molecule has 0 unspecified atom stereocenters. The van der Waals surface area contributed by atoms with Gasteiger partial charge in [0.2, 0.25) is 5.91 Å². The van der Waals surface area contributed by atoms with E-state index in [2.05, 4.69) is 26.8 Å². The zero-order valence-electron chi connectivity index (χ0n) is 21.3. The van der Waals surface area contributed by atoms with Gasteiger partial charge in [-0.15, -0.1) is 0 Å². The molecule has 2 bridgehead atoms. The van der Waals surface area contributed by atoms with Crippen molar-refractivity contribution in [1.82, 2.24) is 19.9 Å². The van der Waals surface area contributed by atoms with Gasteiger partial charge in [-0.05, 0) is 36.8 Å². The van der Waals surface area contributed by atoms with E-state index >= 15 is 0 Å². The third-order valence-corrected chi connectivity index (χ3v) is 6.84. The molecule has 1 atom stereocenters. The average Bonchev–Trinajstić information content (AvgIpc) is 3.06. The summed E-state index contributed by atoms with van der Waals surface area (Å²) in [6.45, 7) is 7.91. The number of carbonyl (C=O) groups is 1. The normalized spacial score (nSPS) is 16.3. The fourth-order valence-corrected chi connectivity index (χ4v) is 4.83. The molecule has 0 aliphatic carbocycles. The Bertz CT molecular complexity index is 1540. The zero-order valence-corrected chi connectivity index (χ0v) is 21.3. The Morgan fingerprint density at radius 2 is 2.05 bits per heavy atom. The van der Waals surface area contributed by atoms with Crippen LogP contribution in [0.5, 0.6) is 17.2 Å². The molecule has 1 fully saturated rings. The molecule has 1 N–H and O–H groups in total. The Morgan fingerprint density at radius 3 is 2.84 bits per heavy atom. The van der Waals surface area contributed by atoms with Crippen LogP contribution in [0.4, 0.5) is 17.3 Å². The first-order valence-corrected chi connectivity index (χ1v) is 12.5. The largest absolute Gasteiger partial charge is 0.487 e. The van der Waals surface area contributed by atoms with Crippen LogP contribution in [0.1, 0.15) is 5.56 Å². The number of anilines is 3. The van der Waals surface area contributed by atoms with Crippen LogP contribution in [0.15, 0.2) is 67.8 Å². The Balaban J connectivity index is 1.27. The number of aryl methyl sites for hydroxylation is 2. The number of piperazine rings is 1. The highest BCUT2D eigenvalue weighted by Crippen LogP contribution is 2.36. The molecule has 0 saturated carbocycles. The van der Waals surface area contributed by atoms with Crippen molar-refractivity contribution < 1.29 is 18.8 Å². The highest BCUT2D eigenvalue weighted by Gasteiger charge is 2.34. The van der Waals surface area contributed by atoms with Crippen LogP contribution in [-0.2, 0) is 11.8 Å². The summed E-state index contributed by atoms with van der Waals surface area (Å²) in [6, 6.07) is 11.6. The Kier molecular flexibility index (Phi) is 5.99. The number of rotatable bonds is 5. The van der Waals surface area contributed by atoms with Crippen molar-refractivity contribution in [2.75, 3.05) is 36.5 Å². The Hall–Kier alpha value is -4.73. The highest BCUT2D eigenvalue weighted by atomic mass is 16.5. The summed E-state index contributed by atoms with van der Waals surface area (Å²) in [5.74, 6) is 3.47. The van der Waals surface area contributed by atoms with Crippen LogP contribution < -0.4 is 24.3 Å². The second-order valence-electron chi connectivity index (χ2n) is 9.45. The van der Waals surface area contributed by atoms with Gasteiger partial charge < -0.3 is 24.6 Å². The van der Waals surface area contributed by atoms with Crippen LogP contribution in [-0.4, -0.2) is 58.0 Å². The van der Waals surface area contributed by atoms with Crippen LogP contribution in [0.2, 0.25) is 0 Å². The highest BCUT2D eigenvalue weighted by molar-refractivity contribution is 5.90. The van der Waals surface area contributed by atoms with Crippen LogP contribution in [0, 0.1) is 6.92 Å². The number of hydrogen-bond acceptors (Lipinski definition) is 8. The molecule has 3 aromatic heterocycles. The lowest BCUT2D eigenvalue weighted by Crippen LogP contribution is -2.56. The van der Waals surface area contributed by atoms with Crippen molar-refractivity contribution in [2.24, 2.45) is 7.05 Å². The topological polar surface area (TPSA) is 96.6 Å². The molecule has 1 saturated heterocycles. The summed E-state index contributed by atoms with van der Waals surface area (Å²) in [4.78, 5) is 30.1. The summed E-state index contributed by atoms with van der Waals surface area (Å²) < 4.78 is 14.1. The first-order chi connectivity index (χ1) is 18.5. The molecule has 4 aromatic rings. The van der Waals surface area contributed by atoms with Crippen molar-refractivity contribution in [3.8, 4) is 17.2 Å². The van der Waals surface area contributed by atoms with Gasteiger partial charge in [0, 0.05) is 43.5 Å². The SMILES string of the molecule is C=CC(=O)N1CCN2C[C@H]1COc1cc3ncnc(Nc4ccc(Oc5cc[n+](C)cc5)c(C)c4)c3nc12. The van der Waals surface area contributed by atoms with E-state index in [0.717, 1.165) is 28.6 Å². The zero-order chi connectivity index (χ0) is 26.2. The molecule has 2 aliphatic rings. The lowest BCUT2D eigenvalue weighted by molar-refractivity contribution is -0.671. The summed E-state index contributed by atoms with van der Waals surface area (Å²) in [5.41, 5.74) is 3.16. The summed E-state index contributed by atoms with van der Waals surface area (Å²) in [6.07, 6.45) is 6.76. The van der Waals surface area contributed by atoms with E-state index in [9.17, 15) is 4.79 Å². The van der Waals surface area contributed by atoms with Crippen LogP contribution >= 0.6 is 0 Å². The van der Waals surface area contributed by atoms with Crippen LogP contribution in [0.25, 0.3) is 11.0 Å². The van der Waals surface area contributed by atoms with Gasteiger partial charge in [-0.25, -0.2) is 19.5 Å². The predicted octanol–water partition coefficient (Wildman–Crippen LogP) is 3.29. The molecular weight excluding hydrogens is 482 g/mol. The summed E-state index contributed by atoms with van der Waals surface area (Å²) in [5, 5.41) is 3.40. The molecule has 10 nitrogen and oxygen atoms in total. The van der Waals surface area contributed by atoms with E-state index in [1.165, 1.54) is 12.4 Å². The number of ether oxygens (including phenoxy) is 2. The van der Waals surface area contributed by atoms with E-state index in [0.29, 0.717) is 48.8 Å². The summed E-state index contributed by atoms with van der Waals surface area (Å²) >= 11 is 0. The minimum absolute atomic E-state index is 0.0717. The van der Waals surface area contributed by atoms with Crippen molar-refractivity contribution >= 4 is 34.3 Å². The maximum Gasteiger partial charge on any atom is 0.246 e. The Labute approximate surface area is 220 Å². The maximum atomic E-state index is 12.3. The van der Waals surface area contributed by atoms with E-state index in [-0.39, 0.29) is 11.9 Å². The molecule has 0 spiro atoms. The van der Waals surface area contributed by atoms with Crippen molar-refractivity contribution in [2.45, 2.75) is 13.0 Å². The standard InChI is InChI=1S/C28H28N7O3/c1-4-25(36)35-12-11-34-15-20(35)16-37-24-14-22-26(32-28(24)34)27(30-17-29-22)31-19-5-6-23(18(2)13-19)38-21-7-9-33(3)10-8-21/h4-10,13-14,17,20H,1,11-12,15-16H2,2-3H3,(H,29,30,31)/q+1/t20-/m0/s1. The molecule has 1 aromatic carbocycles. The smallest absolute Gasteiger partial charge is 0.246 e. The number of hydrogen-bond donors (Lipinski definition) is 1. The van der Waals surface area contributed by atoms with E-state index < -0.39 is 0 Å². The molecule has 192 valence electrons. The number of nitrogens with zero attached hydrogens (tertiary/aromatic N) is 6. The molecule has 0 radical (unpaired) electrons.